The summed E-state index contributed by atoms with van der Waals surface area (Å²) < 4.78 is 31.7. The number of nitrogens with zero attached hydrogens (tertiary/aromatic N) is 2. The number of hydrogen-bond donors (Lipinski definition) is 1. The molecule has 1 aromatic carbocycles. The molecule has 1 fully saturated rings. The number of amides is 2. The van der Waals surface area contributed by atoms with Gasteiger partial charge in [-0.15, -0.1) is 0 Å². The van der Waals surface area contributed by atoms with Gasteiger partial charge < -0.3 is 14.7 Å². The van der Waals surface area contributed by atoms with Gasteiger partial charge in [-0.3, -0.25) is 9.59 Å². The Labute approximate surface area is 142 Å². The van der Waals surface area contributed by atoms with E-state index >= 15 is 0 Å². The lowest BCUT2D eigenvalue weighted by Gasteiger charge is -2.32. The van der Waals surface area contributed by atoms with Gasteiger partial charge in [-0.1, -0.05) is 11.2 Å². The zero-order valence-corrected chi connectivity index (χ0v) is 13.6. The smallest absolute Gasteiger partial charge is 0.290 e. The van der Waals surface area contributed by atoms with Gasteiger partial charge in [-0.2, -0.15) is 0 Å². The summed E-state index contributed by atoms with van der Waals surface area (Å²) in [5.74, 6) is -2.16. The molecule has 0 radical (unpaired) electrons. The molecule has 1 N–H and O–H groups in total. The zero-order chi connectivity index (χ0) is 18.0. The third kappa shape index (κ3) is 3.84. The van der Waals surface area contributed by atoms with Crippen LogP contribution in [0.3, 0.4) is 0 Å². The van der Waals surface area contributed by atoms with Crippen molar-refractivity contribution in [1.82, 2.24) is 15.4 Å². The summed E-state index contributed by atoms with van der Waals surface area (Å²) >= 11 is 0. The second-order valence-electron chi connectivity index (χ2n) is 6.00. The Balaban J connectivity index is 1.67. The van der Waals surface area contributed by atoms with Crippen LogP contribution in [0.2, 0.25) is 0 Å². The van der Waals surface area contributed by atoms with E-state index in [0.29, 0.717) is 25.1 Å². The largest absolute Gasteiger partial charge is 0.351 e. The fourth-order valence-electron chi connectivity index (χ4n) is 2.79. The number of halogens is 2. The molecule has 2 amide bonds. The molecule has 1 aromatic heterocycles. The minimum absolute atomic E-state index is 0.0265. The molecule has 25 heavy (non-hydrogen) atoms. The second-order valence-corrected chi connectivity index (χ2v) is 6.00. The van der Waals surface area contributed by atoms with Gasteiger partial charge in [0.15, 0.2) is 0 Å². The summed E-state index contributed by atoms with van der Waals surface area (Å²) in [4.78, 5) is 26.1. The van der Waals surface area contributed by atoms with Crippen molar-refractivity contribution in [2.75, 3.05) is 6.54 Å². The first kappa shape index (κ1) is 17.1. The van der Waals surface area contributed by atoms with Gasteiger partial charge in [0.25, 0.3) is 5.91 Å². The first-order valence-electron chi connectivity index (χ1n) is 7.91. The zero-order valence-electron chi connectivity index (χ0n) is 13.6. The minimum Gasteiger partial charge on any atom is -0.351 e. The van der Waals surface area contributed by atoms with Gasteiger partial charge in [-0.05, 0) is 25.8 Å². The lowest BCUT2D eigenvalue weighted by Crippen LogP contribution is -2.51. The molecule has 1 saturated heterocycles. The van der Waals surface area contributed by atoms with Crippen molar-refractivity contribution in [2.45, 2.75) is 32.4 Å². The van der Waals surface area contributed by atoms with Crippen LogP contribution in [-0.2, 0) is 11.3 Å². The Hall–Kier alpha value is -2.77. The predicted molar refractivity (Wildman–Crippen MR) is 83.5 cm³/mol. The number of benzene rings is 1. The van der Waals surface area contributed by atoms with Gasteiger partial charge in [0.2, 0.25) is 11.7 Å². The average Bonchev–Trinajstić information content (AvgIpc) is 3.00. The fraction of sp³-hybridized carbons (Fsp3) is 0.353. The molecule has 0 aliphatic carbocycles. The summed E-state index contributed by atoms with van der Waals surface area (Å²) in [5.41, 5.74) is 0.793. The molecule has 1 atom stereocenters. The van der Waals surface area contributed by atoms with Crippen molar-refractivity contribution in [1.29, 1.82) is 0 Å². The first-order valence-corrected chi connectivity index (χ1v) is 7.91. The van der Waals surface area contributed by atoms with Crippen molar-refractivity contribution in [2.24, 2.45) is 0 Å². The lowest BCUT2D eigenvalue weighted by molar-refractivity contribution is -0.136. The topological polar surface area (TPSA) is 75.4 Å². The van der Waals surface area contributed by atoms with E-state index in [-0.39, 0.29) is 23.8 Å². The quantitative estimate of drug-likeness (QED) is 0.918. The molecule has 0 spiro atoms. The number of piperidine rings is 1. The maximum atomic E-state index is 13.8. The van der Waals surface area contributed by atoms with Crippen LogP contribution in [0, 0.1) is 18.6 Å². The van der Waals surface area contributed by atoms with Crippen LogP contribution >= 0.6 is 0 Å². The highest BCUT2D eigenvalue weighted by Gasteiger charge is 2.31. The molecule has 2 aromatic rings. The minimum atomic E-state index is -0.713. The first-order chi connectivity index (χ1) is 11.9. The highest BCUT2D eigenvalue weighted by molar-refractivity contribution is 5.95. The maximum Gasteiger partial charge on any atom is 0.290 e. The molecule has 2 heterocycles. The summed E-state index contributed by atoms with van der Waals surface area (Å²) in [6.45, 7) is 2.16. The van der Waals surface area contributed by atoms with E-state index in [2.05, 4.69) is 10.5 Å². The monoisotopic (exact) mass is 349 g/mol. The Kier molecular flexibility index (Phi) is 4.78. The molecule has 0 bridgehead atoms. The van der Waals surface area contributed by atoms with E-state index < -0.39 is 23.6 Å². The van der Waals surface area contributed by atoms with Crippen LogP contribution in [0.15, 0.2) is 28.8 Å². The van der Waals surface area contributed by atoms with Gasteiger partial charge in [0.1, 0.15) is 17.7 Å². The van der Waals surface area contributed by atoms with Crippen molar-refractivity contribution in [3.05, 3.63) is 52.9 Å². The molecule has 1 aliphatic heterocycles. The van der Waals surface area contributed by atoms with E-state index in [0.717, 1.165) is 12.1 Å². The van der Waals surface area contributed by atoms with E-state index in [4.69, 9.17) is 4.52 Å². The third-order valence-electron chi connectivity index (χ3n) is 4.06. The fourth-order valence-corrected chi connectivity index (χ4v) is 2.79. The van der Waals surface area contributed by atoms with Crippen LogP contribution in [0.1, 0.15) is 34.7 Å². The van der Waals surface area contributed by atoms with Gasteiger partial charge in [0.05, 0.1) is 5.69 Å². The second kappa shape index (κ2) is 7.00. The van der Waals surface area contributed by atoms with Crippen molar-refractivity contribution < 1.29 is 22.9 Å². The van der Waals surface area contributed by atoms with Crippen LogP contribution in [0.25, 0.3) is 0 Å². The number of aromatic nitrogens is 1. The van der Waals surface area contributed by atoms with Crippen molar-refractivity contribution in [3.8, 4) is 0 Å². The highest BCUT2D eigenvalue weighted by Crippen LogP contribution is 2.18. The highest BCUT2D eigenvalue weighted by atomic mass is 19.1. The molecule has 6 nitrogen and oxygen atoms in total. The van der Waals surface area contributed by atoms with E-state index in [9.17, 15) is 18.4 Å². The van der Waals surface area contributed by atoms with Gasteiger partial charge in [-0.25, -0.2) is 8.78 Å². The van der Waals surface area contributed by atoms with Crippen LogP contribution < -0.4 is 5.32 Å². The molecule has 132 valence electrons. The van der Waals surface area contributed by atoms with Gasteiger partial charge in [0, 0.05) is 30.8 Å². The number of carbonyl (C=O) groups is 2. The molecule has 0 saturated carbocycles. The number of hydrogen-bond acceptors (Lipinski definition) is 4. The maximum absolute atomic E-state index is 13.8. The molecular formula is C17H17F2N3O3. The number of likely N-dealkylation sites (tertiary alicyclic amines) is 1. The van der Waals surface area contributed by atoms with E-state index in [1.807, 2.05) is 0 Å². The number of nitrogens with one attached hydrogen (secondary N) is 1. The summed E-state index contributed by atoms with van der Waals surface area (Å²) in [5, 5.41) is 6.25. The normalized spacial score (nSPS) is 17.6. The number of carbonyl (C=O) groups excluding carboxylic acids is 2. The van der Waals surface area contributed by atoms with Crippen LogP contribution in [0.4, 0.5) is 8.78 Å². The van der Waals surface area contributed by atoms with Crippen molar-refractivity contribution in [3.63, 3.8) is 0 Å². The van der Waals surface area contributed by atoms with Gasteiger partial charge >= 0.3 is 0 Å². The van der Waals surface area contributed by atoms with Crippen LogP contribution in [-0.4, -0.2) is 34.5 Å². The Morgan fingerprint density at radius 1 is 1.40 bits per heavy atom. The summed E-state index contributed by atoms with van der Waals surface area (Å²) in [7, 11) is 0. The molecular weight excluding hydrogens is 332 g/mol. The molecule has 3 rings (SSSR count). The lowest BCUT2D eigenvalue weighted by atomic mass is 10.0. The molecule has 8 heteroatoms. The number of rotatable bonds is 4. The Bertz CT molecular complexity index is 806. The SMILES string of the molecule is Cc1cc(C(=O)N[C@H]2CCCN(Cc3ccc(F)cc3F)C2=O)on1. The van der Waals surface area contributed by atoms with Crippen molar-refractivity contribution >= 4 is 11.8 Å². The average molecular weight is 349 g/mol. The Morgan fingerprint density at radius 3 is 2.88 bits per heavy atom. The molecule has 0 unspecified atom stereocenters. The van der Waals surface area contributed by atoms with E-state index in [1.54, 1.807) is 6.92 Å². The third-order valence-corrected chi connectivity index (χ3v) is 4.06. The van der Waals surface area contributed by atoms with Crippen LogP contribution in [0.5, 0.6) is 0 Å². The van der Waals surface area contributed by atoms with E-state index in [1.165, 1.54) is 17.0 Å². The number of aryl methyl sites for hydroxylation is 1. The predicted octanol–water partition coefficient (Wildman–Crippen LogP) is 2.18. The summed E-state index contributed by atoms with van der Waals surface area (Å²) in [6, 6.07) is 4.02. The molecule has 1 aliphatic rings. The summed E-state index contributed by atoms with van der Waals surface area (Å²) in [6.07, 6.45) is 1.15. The standard InChI is InChI=1S/C17H17F2N3O3/c1-10-7-15(25-21-10)16(23)20-14-3-2-6-22(17(14)24)9-11-4-5-12(18)8-13(11)19/h4-5,7-8,14H,2-3,6,9H2,1H3,(H,20,23)/t14-/m0/s1. The Morgan fingerprint density at radius 2 is 2.20 bits per heavy atom.